The molecule has 0 aliphatic heterocycles. The second-order valence-corrected chi connectivity index (χ2v) is 4.70. The zero-order valence-corrected chi connectivity index (χ0v) is 12.4. The summed E-state index contributed by atoms with van der Waals surface area (Å²) in [5, 5.41) is 12.0. The number of fused-ring (bicyclic) bond motifs is 1. The fraction of sp³-hybridized carbons (Fsp3) is 0.333. The number of benzene rings is 1. The van der Waals surface area contributed by atoms with Gasteiger partial charge in [-0.05, 0) is 24.6 Å². The van der Waals surface area contributed by atoms with Crippen molar-refractivity contribution in [2.75, 3.05) is 20.8 Å². The largest absolute Gasteiger partial charge is 0.493 e. The Hall–Kier alpha value is -2.70. The van der Waals surface area contributed by atoms with E-state index in [1.807, 2.05) is 0 Å². The van der Waals surface area contributed by atoms with Gasteiger partial charge in [-0.2, -0.15) is 0 Å². The molecule has 0 unspecified atom stereocenters. The first-order valence-corrected chi connectivity index (χ1v) is 6.80. The molecule has 1 aromatic heterocycles. The van der Waals surface area contributed by atoms with Crippen molar-refractivity contribution in [2.24, 2.45) is 0 Å². The van der Waals surface area contributed by atoms with Crippen LogP contribution in [0.15, 0.2) is 18.2 Å². The van der Waals surface area contributed by atoms with Gasteiger partial charge in [-0.25, -0.2) is 0 Å². The number of methoxy groups -OCH3 is 2. The highest BCUT2D eigenvalue weighted by atomic mass is 16.5. The molecule has 7 heteroatoms. The summed E-state index contributed by atoms with van der Waals surface area (Å²) < 4.78 is 10.5. The minimum atomic E-state index is -0.878. The molecule has 1 heterocycles. The summed E-state index contributed by atoms with van der Waals surface area (Å²) in [6.45, 7) is 0.307. The number of amides is 1. The van der Waals surface area contributed by atoms with Crippen molar-refractivity contribution < 1.29 is 24.2 Å². The molecule has 0 atom stereocenters. The average Bonchev–Trinajstić information content (AvgIpc) is 2.94. The van der Waals surface area contributed by atoms with Crippen molar-refractivity contribution >= 4 is 22.8 Å². The molecule has 0 aliphatic rings. The molecule has 0 saturated carbocycles. The lowest BCUT2D eigenvalue weighted by atomic mass is 10.2. The molecule has 2 aromatic rings. The van der Waals surface area contributed by atoms with E-state index in [-0.39, 0.29) is 12.3 Å². The first-order valence-electron chi connectivity index (χ1n) is 6.80. The summed E-state index contributed by atoms with van der Waals surface area (Å²) >= 11 is 0. The highest BCUT2D eigenvalue weighted by Gasteiger charge is 2.15. The van der Waals surface area contributed by atoms with Gasteiger partial charge in [0.1, 0.15) is 5.69 Å². The van der Waals surface area contributed by atoms with E-state index in [2.05, 4.69) is 10.3 Å². The number of aromatic amines is 1. The van der Waals surface area contributed by atoms with Crippen LogP contribution in [-0.2, 0) is 4.79 Å². The van der Waals surface area contributed by atoms with E-state index in [4.69, 9.17) is 14.6 Å². The summed E-state index contributed by atoms with van der Waals surface area (Å²) in [7, 11) is 3.09. The van der Waals surface area contributed by atoms with E-state index < -0.39 is 5.97 Å². The van der Waals surface area contributed by atoms with Gasteiger partial charge in [-0.1, -0.05) is 0 Å². The van der Waals surface area contributed by atoms with Crippen LogP contribution in [0.4, 0.5) is 0 Å². The summed E-state index contributed by atoms with van der Waals surface area (Å²) in [4.78, 5) is 25.5. The third-order valence-electron chi connectivity index (χ3n) is 3.24. The number of carbonyl (C=O) groups excluding carboxylic acids is 1. The van der Waals surface area contributed by atoms with E-state index >= 15 is 0 Å². The Morgan fingerprint density at radius 1 is 1.27 bits per heavy atom. The van der Waals surface area contributed by atoms with Crippen molar-refractivity contribution in [2.45, 2.75) is 12.8 Å². The number of carbonyl (C=O) groups is 2. The van der Waals surface area contributed by atoms with Crippen molar-refractivity contribution in [3.63, 3.8) is 0 Å². The van der Waals surface area contributed by atoms with Crippen LogP contribution in [0.1, 0.15) is 23.3 Å². The minimum Gasteiger partial charge on any atom is -0.493 e. The van der Waals surface area contributed by atoms with Gasteiger partial charge < -0.3 is 24.9 Å². The maximum absolute atomic E-state index is 12.1. The van der Waals surface area contributed by atoms with Crippen LogP contribution in [-0.4, -0.2) is 42.7 Å². The van der Waals surface area contributed by atoms with E-state index in [0.29, 0.717) is 30.2 Å². The Kier molecular flexibility index (Phi) is 4.88. The topological polar surface area (TPSA) is 101 Å². The lowest BCUT2D eigenvalue weighted by Crippen LogP contribution is -2.25. The second kappa shape index (κ2) is 6.84. The van der Waals surface area contributed by atoms with Crippen LogP contribution in [0.3, 0.4) is 0 Å². The number of H-pyrrole nitrogens is 1. The molecule has 0 bridgehead atoms. The van der Waals surface area contributed by atoms with Gasteiger partial charge in [0.05, 0.1) is 19.7 Å². The van der Waals surface area contributed by atoms with Crippen molar-refractivity contribution in [3.05, 3.63) is 23.9 Å². The lowest BCUT2D eigenvalue weighted by Gasteiger charge is -2.07. The summed E-state index contributed by atoms with van der Waals surface area (Å²) in [6, 6.07) is 5.24. The van der Waals surface area contributed by atoms with E-state index in [1.54, 1.807) is 25.3 Å². The van der Waals surface area contributed by atoms with Gasteiger partial charge in [0.15, 0.2) is 11.5 Å². The number of carboxylic acids is 1. The van der Waals surface area contributed by atoms with Crippen molar-refractivity contribution in [1.29, 1.82) is 0 Å². The Balaban J connectivity index is 2.15. The number of carboxylic acid groups (broad SMARTS) is 1. The van der Waals surface area contributed by atoms with E-state index in [0.717, 1.165) is 10.9 Å². The smallest absolute Gasteiger partial charge is 0.303 e. The fourth-order valence-electron chi connectivity index (χ4n) is 2.19. The molecule has 1 aromatic carbocycles. The summed E-state index contributed by atoms with van der Waals surface area (Å²) in [6.07, 6.45) is 0.413. The number of hydrogen-bond donors (Lipinski definition) is 3. The third-order valence-corrected chi connectivity index (χ3v) is 3.24. The van der Waals surface area contributed by atoms with Crippen LogP contribution in [0.5, 0.6) is 11.5 Å². The van der Waals surface area contributed by atoms with Gasteiger partial charge in [-0.3, -0.25) is 9.59 Å². The second-order valence-electron chi connectivity index (χ2n) is 4.70. The monoisotopic (exact) mass is 306 g/mol. The van der Waals surface area contributed by atoms with Crippen LogP contribution in [0.2, 0.25) is 0 Å². The zero-order chi connectivity index (χ0) is 16.1. The number of hydrogen-bond acceptors (Lipinski definition) is 4. The van der Waals surface area contributed by atoms with Gasteiger partial charge in [0.25, 0.3) is 5.91 Å². The van der Waals surface area contributed by atoms with Gasteiger partial charge in [0.2, 0.25) is 0 Å². The molecule has 0 fully saturated rings. The number of aliphatic carboxylic acids is 1. The molecule has 0 radical (unpaired) electrons. The molecule has 1 amide bonds. The third kappa shape index (κ3) is 3.30. The molecular formula is C15H18N2O5. The normalized spacial score (nSPS) is 10.5. The predicted octanol–water partition coefficient (Wildman–Crippen LogP) is 1.78. The Bertz CT molecular complexity index is 693. The molecule has 3 N–H and O–H groups in total. The van der Waals surface area contributed by atoms with Crippen LogP contribution in [0, 0.1) is 0 Å². The van der Waals surface area contributed by atoms with Gasteiger partial charge in [-0.15, -0.1) is 0 Å². The molecule has 7 nitrogen and oxygen atoms in total. The highest BCUT2D eigenvalue weighted by molar-refractivity contribution is 6.00. The number of ether oxygens (including phenoxy) is 2. The minimum absolute atomic E-state index is 0.0258. The molecule has 2 rings (SSSR count). The van der Waals surface area contributed by atoms with Crippen molar-refractivity contribution in [3.8, 4) is 11.5 Å². The molecule has 0 saturated heterocycles. The van der Waals surface area contributed by atoms with E-state index in [1.165, 1.54) is 7.11 Å². The summed E-state index contributed by atoms with van der Waals surface area (Å²) in [5.41, 5.74) is 1.14. The van der Waals surface area contributed by atoms with Crippen LogP contribution in [0.25, 0.3) is 10.9 Å². The maximum Gasteiger partial charge on any atom is 0.303 e. The summed E-state index contributed by atoms with van der Waals surface area (Å²) in [5.74, 6) is -0.0251. The number of nitrogens with one attached hydrogen (secondary N) is 2. The van der Waals surface area contributed by atoms with Gasteiger partial charge >= 0.3 is 5.97 Å². The zero-order valence-electron chi connectivity index (χ0n) is 12.4. The lowest BCUT2D eigenvalue weighted by molar-refractivity contribution is -0.137. The predicted molar refractivity (Wildman–Crippen MR) is 80.6 cm³/mol. The molecule has 118 valence electrons. The van der Waals surface area contributed by atoms with E-state index in [9.17, 15) is 9.59 Å². The molecule has 0 spiro atoms. The van der Waals surface area contributed by atoms with Crippen LogP contribution >= 0.6 is 0 Å². The Morgan fingerprint density at radius 3 is 2.68 bits per heavy atom. The first-order chi connectivity index (χ1) is 10.6. The standard InChI is InChI=1S/C15H18N2O5/c1-21-12-6-5-10-9(14(12)22-2)8-11(17-10)15(20)16-7-3-4-13(18)19/h5-6,8,17H,3-4,7H2,1-2H3,(H,16,20)(H,18,19). The molecule has 22 heavy (non-hydrogen) atoms. The Labute approximate surface area is 127 Å². The SMILES string of the molecule is COc1ccc2[nH]c(C(=O)NCCCC(=O)O)cc2c1OC. The molecule has 0 aliphatic carbocycles. The average molecular weight is 306 g/mol. The quantitative estimate of drug-likeness (QED) is 0.677. The van der Waals surface area contributed by atoms with Gasteiger partial charge in [0, 0.05) is 18.4 Å². The highest BCUT2D eigenvalue weighted by Crippen LogP contribution is 2.35. The fourth-order valence-corrected chi connectivity index (χ4v) is 2.19. The van der Waals surface area contributed by atoms with Crippen LogP contribution < -0.4 is 14.8 Å². The maximum atomic E-state index is 12.1. The first kappa shape index (κ1) is 15.7. The van der Waals surface area contributed by atoms with Crippen molar-refractivity contribution in [1.82, 2.24) is 10.3 Å². The number of aromatic nitrogens is 1. The molecular weight excluding hydrogens is 288 g/mol. The Morgan fingerprint density at radius 2 is 2.05 bits per heavy atom. The number of rotatable bonds is 7.